The molecule has 2 aromatic rings. The van der Waals surface area contributed by atoms with Crippen LogP contribution in [-0.2, 0) is 17.8 Å². The first-order chi connectivity index (χ1) is 12.6. The lowest BCUT2D eigenvalue weighted by molar-refractivity contribution is 0.0340. The molecule has 1 heterocycles. The van der Waals surface area contributed by atoms with E-state index in [9.17, 15) is 4.79 Å². The van der Waals surface area contributed by atoms with E-state index in [2.05, 4.69) is 28.4 Å². The third-order valence-corrected chi connectivity index (χ3v) is 4.70. The predicted molar refractivity (Wildman–Crippen MR) is 104 cm³/mol. The van der Waals surface area contributed by atoms with E-state index in [0.29, 0.717) is 12.1 Å². The number of ether oxygens (including phenoxy) is 1. The maximum absolute atomic E-state index is 12.4. The average molecular weight is 353 g/mol. The van der Waals surface area contributed by atoms with Crippen molar-refractivity contribution in [3.63, 3.8) is 0 Å². The maximum atomic E-state index is 12.4. The van der Waals surface area contributed by atoms with Gasteiger partial charge in [0.1, 0.15) is 0 Å². The van der Waals surface area contributed by atoms with Crippen molar-refractivity contribution < 1.29 is 9.53 Å². The summed E-state index contributed by atoms with van der Waals surface area (Å²) in [6.07, 6.45) is 0. The highest BCUT2D eigenvalue weighted by atomic mass is 16.5. The molecule has 0 aromatic heterocycles. The number of amides is 1. The van der Waals surface area contributed by atoms with Gasteiger partial charge >= 0.3 is 0 Å². The number of carbonyl (C=O) groups is 1. The summed E-state index contributed by atoms with van der Waals surface area (Å²) in [5, 5.41) is 3.05. The molecule has 2 aromatic carbocycles. The monoisotopic (exact) mass is 353 g/mol. The van der Waals surface area contributed by atoms with Crippen LogP contribution in [0.2, 0.25) is 0 Å². The van der Waals surface area contributed by atoms with Gasteiger partial charge in [0.25, 0.3) is 5.91 Å². The number of carbonyl (C=O) groups excluding carboxylic acids is 1. The largest absolute Gasteiger partial charge is 0.379 e. The SMILES string of the molecule is CN(C)c1ccc(C(=O)NCc2ccccc2CN2CCOCC2)cc1. The summed E-state index contributed by atoms with van der Waals surface area (Å²) in [4.78, 5) is 16.9. The number of hydrogen-bond acceptors (Lipinski definition) is 4. The van der Waals surface area contributed by atoms with E-state index in [0.717, 1.165) is 44.1 Å². The van der Waals surface area contributed by atoms with E-state index in [1.165, 1.54) is 5.56 Å². The van der Waals surface area contributed by atoms with Crippen LogP contribution in [0, 0.1) is 0 Å². The molecule has 5 nitrogen and oxygen atoms in total. The average Bonchev–Trinajstić information content (AvgIpc) is 2.68. The molecule has 0 spiro atoms. The van der Waals surface area contributed by atoms with Gasteiger partial charge in [-0.1, -0.05) is 24.3 Å². The molecule has 1 aliphatic heterocycles. The Hall–Kier alpha value is -2.37. The van der Waals surface area contributed by atoms with Crippen molar-refractivity contribution in [2.45, 2.75) is 13.1 Å². The van der Waals surface area contributed by atoms with Gasteiger partial charge in [-0.2, -0.15) is 0 Å². The fourth-order valence-corrected chi connectivity index (χ4v) is 3.07. The van der Waals surface area contributed by atoms with Crippen LogP contribution in [0.1, 0.15) is 21.5 Å². The summed E-state index contributed by atoms with van der Waals surface area (Å²) in [5.74, 6) is -0.0449. The highest BCUT2D eigenvalue weighted by molar-refractivity contribution is 5.94. The molecule has 5 heteroatoms. The summed E-state index contributed by atoms with van der Waals surface area (Å²) in [6, 6.07) is 16.0. The van der Waals surface area contributed by atoms with Crippen LogP contribution in [0.15, 0.2) is 48.5 Å². The van der Waals surface area contributed by atoms with Crippen molar-refractivity contribution in [2.75, 3.05) is 45.3 Å². The van der Waals surface area contributed by atoms with Crippen molar-refractivity contribution in [2.24, 2.45) is 0 Å². The zero-order chi connectivity index (χ0) is 18.4. The van der Waals surface area contributed by atoms with Gasteiger partial charge in [-0.25, -0.2) is 0 Å². The second-order valence-electron chi connectivity index (χ2n) is 6.78. The zero-order valence-corrected chi connectivity index (χ0v) is 15.6. The van der Waals surface area contributed by atoms with Crippen molar-refractivity contribution in [3.8, 4) is 0 Å². The van der Waals surface area contributed by atoms with Crippen LogP contribution >= 0.6 is 0 Å². The smallest absolute Gasteiger partial charge is 0.251 e. The fraction of sp³-hybridized carbons (Fsp3) is 0.381. The molecule has 0 unspecified atom stereocenters. The van der Waals surface area contributed by atoms with Crippen LogP contribution < -0.4 is 10.2 Å². The van der Waals surface area contributed by atoms with Gasteiger partial charge in [0.2, 0.25) is 0 Å². The minimum atomic E-state index is -0.0449. The molecule has 0 saturated carbocycles. The highest BCUT2D eigenvalue weighted by Gasteiger charge is 2.13. The molecule has 138 valence electrons. The first-order valence-corrected chi connectivity index (χ1v) is 9.06. The molecule has 1 saturated heterocycles. The number of nitrogens with one attached hydrogen (secondary N) is 1. The molecule has 1 fully saturated rings. The highest BCUT2D eigenvalue weighted by Crippen LogP contribution is 2.15. The van der Waals surface area contributed by atoms with E-state index >= 15 is 0 Å². The van der Waals surface area contributed by atoms with Crippen LogP contribution in [0.25, 0.3) is 0 Å². The van der Waals surface area contributed by atoms with Crippen molar-refractivity contribution in [3.05, 3.63) is 65.2 Å². The Balaban J connectivity index is 1.61. The minimum absolute atomic E-state index is 0.0449. The third kappa shape index (κ3) is 4.84. The summed E-state index contributed by atoms with van der Waals surface area (Å²) in [5.41, 5.74) is 4.19. The summed E-state index contributed by atoms with van der Waals surface area (Å²) < 4.78 is 5.42. The zero-order valence-electron chi connectivity index (χ0n) is 15.6. The second-order valence-corrected chi connectivity index (χ2v) is 6.78. The Morgan fingerprint density at radius 2 is 1.69 bits per heavy atom. The van der Waals surface area contributed by atoms with E-state index in [1.807, 2.05) is 49.3 Å². The van der Waals surface area contributed by atoms with Crippen molar-refractivity contribution in [1.29, 1.82) is 0 Å². The van der Waals surface area contributed by atoms with Crippen LogP contribution in [-0.4, -0.2) is 51.2 Å². The summed E-state index contributed by atoms with van der Waals surface area (Å²) in [7, 11) is 3.97. The van der Waals surface area contributed by atoms with Gasteiger partial charge in [0.05, 0.1) is 13.2 Å². The van der Waals surface area contributed by atoms with Gasteiger partial charge in [-0.3, -0.25) is 9.69 Å². The number of anilines is 1. The molecule has 0 bridgehead atoms. The van der Waals surface area contributed by atoms with E-state index < -0.39 is 0 Å². The fourth-order valence-electron chi connectivity index (χ4n) is 3.07. The van der Waals surface area contributed by atoms with Crippen molar-refractivity contribution in [1.82, 2.24) is 10.2 Å². The predicted octanol–water partition coefficient (Wildman–Crippen LogP) is 2.51. The summed E-state index contributed by atoms with van der Waals surface area (Å²) in [6.45, 7) is 4.93. The van der Waals surface area contributed by atoms with Crippen molar-refractivity contribution >= 4 is 11.6 Å². The molecule has 1 N–H and O–H groups in total. The lowest BCUT2D eigenvalue weighted by Gasteiger charge is -2.27. The van der Waals surface area contributed by atoms with Crippen LogP contribution in [0.5, 0.6) is 0 Å². The normalized spacial score (nSPS) is 14.8. The topological polar surface area (TPSA) is 44.8 Å². The lowest BCUT2D eigenvalue weighted by Crippen LogP contribution is -2.36. The summed E-state index contributed by atoms with van der Waals surface area (Å²) >= 11 is 0. The number of morpholine rings is 1. The molecule has 0 atom stereocenters. The quantitative estimate of drug-likeness (QED) is 0.867. The molecule has 1 aliphatic rings. The van der Waals surface area contributed by atoms with Gasteiger partial charge in [-0.15, -0.1) is 0 Å². The first kappa shape index (κ1) is 18.4. The molecule has 1 amide bonds. The van der Waals surface area contributed by atoms with Gasteiger partial charge in [0, 0.05) is 51.5 Å². The Labute approximate surface area is 155 Å². The molecular formula is C21H27N3O2. The van der Waals surface area contributed by atoms with Gasteiger partial charge < -0.3 is 15.0 Å². The molecular weight excluding hydrogens is 326 g/mol. The first-order valence-electron chi connectivity index (χ1n) is 9.06. The lowest BCUT2D eigenvalue weighted by atomic mass is 10.1. The number of hydrogen-bond donors (Lipinski definition) is 1. The molecule has 3 rings (SSSR count). The molecule has 0 radical (unpaired) electrons. The molecule has 26 heavy (non-hydrogen) atoms. The van der Waals surface area contributed by atoms with Crippen LogP contribution in [0.3, 0.4) is 0 Å². The van der Waals surface area contributed by atoms with E-state index in [-0.39, 0.29) is 5.91 Å². The van der Waals surface area contributed by atoms with Crippen LogP contribution in [0.4, 0.5) is 5.69 Å². The van der Waals surface area contributed by atoms with E-state index in [1.54, 1.807) is 0 Å². The molecule has 0 aliphatic carbocycles. The Bertz CT molecular complexity index is 722. The Morgan fingerprint density at radius 1 is 1.04 bits per heavy atom. The van der Waals surface area contributed by atoms with Gasteiger partial charge in [0.15, 0.2) is 0 Å². The Morgan fingerprint density at radius 3 is 2.35 bits per heavy atom. The Kier molecular flexibility index (Phi) is 6.26. The minimum Gasteiger partial charge on any atom is -0.379 e. The van der Waals surface area contributed by atoms with Gasteiger partial charge in [-0.05, 0) is 35.4 Å². The third-order valence-electron chi connectivity index (χ3n) is 4.70. The number of benzene rings is 2. The number of nitrogens with zero attached hydrogens (tertiary/aromatic N) is 2. The number of rotatable bonds is 6. The maximum Gasteiger partial charge on any atom is 0.251 e. The van der Waals surface area contributed by atoms with E-state index in [4.69, 9.17) is 4.74 Å². The second kappa shape index (κ2) is 8.83. The standard InChI is InChI=1S/C21H27N3O2/c1-23(2)20-9-7-17(8-10-20)21(25)22-15-18-5-3-4-6-19(18)16-24-11-13-26-14-12-24/h3-10H,11-16H2,1-2H3,(H,22,25).